The molecule has 1 amide bonds. The summed E-state index contributed by atoms with van der Waals surface area (Å²) in [7, 11) is 0. The smallest absolute Gasteiger partial charge is 0.252 e. The van der Waals surface area contributed by atoms with Gasteiger partial charge >= 0.3 is 0 Å². The van der Waals surface area contributed by atoms with Crippen molar-refractivity contribution in [3.05, 3.63) is 101 Å². The summed E-state index contributed by atoms with van der Waals surface area (Å²) in [6, 6.07) is 25.7. The van der Waals surface area contributed by atoms with Gasteiger partial charge in [0.05, 0.1) is 11.1 Å². The highest BCUT2D eigenvalue weighted by molar-refractivity contribution is 6.07. The maximum atomic E-state index is 13.0. The molecule has 4 nitrogen and oxygen atoms in total. The number of nitrogens with one attached hydrogen (secondary N) is 2. The number of fused-ring (bicyclic) bond motifs is 1. The average molecular weight is 381 g/mol. The van der Waals surface area contributed by atoms with Crippen molar-refractivity contribution in [3.8, 4) is 0 Å². The minimum absolute atomic E-state index is 0.115. The lowest BCUT2D eigenvalue weighted by atomic mass is 10.1. The Kier molecular flexibility index (Phi) is 5.25. The summed E-state index contributed by atoms with van der Waals surface area (Å²) in [5.74, 6) is 0.539. The molecule has 0 saturated carbocycles. The van der Waals surface area contributed by atoms with Gasteiger partial charge in [0.1, 0.15) is 5.82 Å². The van der Waals surface area contributed by atoms with E-state index in [4.69, 9.17) is 4.98 Å². The predicted molar refractivity (Wildman–Crippen MR) is 119 cm³/mol. The number of hydrogen-bond acceptors (Lipinski definition) is 3. The molecule has 0 bridgehead atoms. The minimum Gasteiger partial charge on any atom is -0.348 e. The molecule has 0 aliphatic rings. The van der Waals surface area contributed by atoms with E-state index in [0.717, 1.165) is 27.7 Å². The number of carbonyl (C=O) groups is 1. The van der Waals surface area contributed by atoms with Crippen LogP contribution >= 0.6 is 0 Å². The summed E-state index contributed by atoms with van der Waals surface area (Å²) < 4.78 is 0. The van der Waals surface area contributed by atoms with Crippen LogP contribution in [0.2, 0.25) is 0 Å². The van der Waals surface area contributed by atoms with Crippen LogP contribution in [0.25, 0.3) is 10.9 Å². The average Bonchev–Trinajstić information content (AvgIpc) is 2.74. The summed E-state index contributed by atoms with van der Waals surface area (Å²) in [4.78, 5) is 17.7. The number of pyridine rings is 1. The van der Waals surface area contributed by atoms with Gasteiger partial charge < -0.3 is 10.6 Å². The number of nitrogens with zero attached hydrogens (tertiary/aromatic N) is 1. The van der Waals surface area contributed by atoms with Crippen LogP contribution in [-0.4, -0.2) is 10.9 Å². The molecule has 3 aromatic carbocycles. The van der Waals surface area contributed by atoms with Crippen molar-refractivity contribution in [1.29, 1.82) is 0 Å². The van der Waals surface area contributed by atoms with E-state index < -0.39 is 0 Å². The summed E-state index contributed by atoms with van der Waals surface area (Å²) in [6.07, 6.45) is 0. The highest BCUT2D eigenvalue weighted by Gasteiger charge is 2.13. The highest BCUT2D eigenvalue weighted by Crippen LogP contribution is 2.25. The number of aryl methyl sites for hydroxylation is 2. The van der Waals surface area contributed by atoms with Crippen LogP contribution in [-0.2, 0) is 6.54 Å². The van der Waals surface area contributed by atoms with Crippen molar-refractivity contribution < 1.29 is 4.79 Å². The summed E-state index contributed by atoms with van der Waals surface area (Å²) in [5.41, 5.74) is 5.78. The van der Waals surface area contributed by atoms with E-state index >= 15 is 0 Å². The second-order valence-electron chi connectivity index (χ2n) is 7.18. The van der Waals surface area contributed by atoms with Gasteiger partial charge in [0.2, 0.25) is 0 Å². The van der Waals surface area contributed by atoms with Gasteiger partial charge in [-0.3, -0.25) is 4.79 Å². The summed E-state index contributed by atoms with van der Waals surface area (Å²) in [6.45, 7) is 4.61. The topological polar surface area (TPSA) is 54.0 Å². The number of hydrogen-bond donors (Lipinski definition) is 2. The third kappa shape index (κ3) is 4.27. The van der Waals surface area contributed by atoms with Gasteiger partial charge in [0.15, 0.2) is 0 Å². The van der Waals surface area contributed by atoms with Crippen LogP contribution < -0.4 is 10.6 Å². The molecular formula is C25H23N3O. The number of benzene rings is 3. The fourth-order valence-electron chi connectivity index (χ4n) is 3.39. The fraction of sp³-hybridized carbons (Fsp3) is 0.120. The molecule has 0 fully saturated rings. The summed E-state index contributed by atoms with van der Waals surface area (Å²) >= 11 is 0. The fourth-order valence-corrected chi connectivity index (χ4v) is 3.39. The molecule has 0 atom stereocenters. The zero-order valence-corrected chi connectivity index (χ0v) is 16.6. The van der Waals surface area contributed by atoms with Gasteiger partial charge in [-0.25, -0.2) is 4.98 Å². The second kappa shape index (κ2) is 8.15. The van der Waals surface area contributed by atoms with Gasteiger partial charge in [-0.05, 0) is 43.2 Å². The Balaban J connectivity index is 1.66. The zero-order valence-electron chi connectivity index (χ0n) is 16.6. The molecule has 4 rings (SSSR count). The van der Waals surface area contributed by atoms with Crippen molar-refractivity contribution in [1.82, 2.24) is 10.3 Å². The first-order valence-electron chi connectivity index (χ1n) is 9.66. The van der Waals surface area contributed by atoms with E-state index in [2.05, 4.69) is 36.6 Å². The van der Waals surface area contributed by atoms with Gasteiger partial charge in [-0.1, -0.05) is 66.2 Å². The third-order valence-corrected chi connectivity index (χ3v) is 4.90. The quantitative estimate of drug-likeness (QED) is 0.478. The standard InChI is InChI=1S/C25H23N3O/c1-17-12-13-22(18(2)14-17)27-24-15-21(20-10-6-7-11-23(20)28-24)25(29)26-16-19-8-4-3-5-9-19/h3-15H,16H2,1-2H3,(H,26,29)(H,27,28). The molecule has 4 heteroatoms. The van der Waals surface area contributed by atoms with E-state index in [1.54, 1.807) is 0 Å². The molecule has 29 heavy (non-hydrogen) atoms. The normalized spacial score (nSPS) is 10.7. The Morgan fingerprint density at radius 2 is 1.66 bits per heavy atom. The number of para-hydroxylation sites is 1. The molecule has 1 heterocycles. The predicted octanol–water partition coefficient (Wildman–Crippen LogP) is 5.53. The Morgan fingerprint density at radius 3 is 2.45 bits per heavy atom. The molecule has 0 radical (unpaired) electrons. The lowest BCUT2D eigenvalue weighted by Gasteiger charge is -2.13. The van der Waals surface area contributed by atoms with Crippen molar-refractivity contribution in [2.75, 3.05) is 5.32 Å². The number of amides is 1. The Labute approximate surface area is 170 Å². The molecule has 144 valence electrons. The highest BCUT2D eigenvalue weighted by atomic mass is 16.1. The maximum absolute atomic E-state index is 13.0. The Bertz CT molecular complexity index is 1170. The first-order chi connectivity index (χ1) is 14.1. The molecule has 0 unspecified atom stereocenters. The van der Waals surface area contributed by atoms with Gasteiger partial charge in [0.25, 0.3) is 5.91 Å². The SMILES string of the molecule is Cc1ccc(Nc2cc(C(=O)NCc3ccccc3)c3ccccc3n2)c(C)c1. The first-order valence-corrected chi connectivity index (χ1v) is 9.66. The lowest BCUT2D eigenvalue weighted by molar-refractivity contribution is 0.0952. The van der Waals surface area contributed by atoms with Crippen molar-refractivity contribution in [2.24, 2.45) is 0 Å². The zero-order chi connectivity index (χ0) is 20.2. The van der Waals surface area contributed by atoms with Gasteiger partial charge in [0, 0.05) is 17.6 Å². The number of aromatic nitrogens is 1. The molecule has 1 aromatic heterocycles. The number of rotatable bonds is 5. The molecule has 0 spiro atoms. The van der Waals surface area contributed by atoms with Crippen molar-refractivity contribution >= 4 is 28.3 Å². The van der Waals surface area contributed by atoms with Gasteiger partial charge in [-0.15, -0.1) is 0 Å². The molecule has 4 aromatic rings. The molecule has 0 saturated heterocycles. The Morgan fingerprint density at radius 1 is 0.897 bits per heavy atom. The largest absolute Gasteiger partial charge is 0.348 e. The molecular weight excluding hydrogens is 358 g/mol. The van der Waals surface area contributed by atoms with E-state index in [0.29, 0.717) is 17.9 Å². The second-order valence-corrected chi connectivity index (χ2v) is 7.18. The van der Waals surface area contributed by atoms with E-state index in [1.807, 2.05) is 66.7 Å². The van der Waals surface area contributed by atoms with Crippen molar-refractivity contribution in [2.45, 2.75) is 20.4 Å². The van der Waals surface area contributed by atoms with Crippen LogP contribution in [0, 0.1) is 13.8 Å². The number of anilines is 2. The monoisotopic (exact) mass is 381 g/mol. The van der Waals surface area contributed by atoms with Crippen LogP contribution in [0.3, 0.4) is 0 Å². The first kappa shape index (κ1) is 18.7. The van der Waals surface area contributed by atoms with E-state index in [1.165, 1.54) is 5.56 Å². The Hall–Kier alpha value is -3.66. The molecule has 0 aliphatic carbocycles. The maximum Gasteiger partial charge on any atom is 0.252 e. The lowest BCUT2D eigenvalue weighted by Crippen LogP contribution is -2.23. The van der Waals surface area contributed by atoms with E-state index in [9.17, 15) is 4.79 Å². The molecule has 2 N–H and O–H groups in total. The van der Waals surface area contributed by atoms with Crippen LogP contribution in [0.1, 0.15) is 27.0 Å². The molecule has 0 aliphatic heterocycles. The van der Waals surface area contributed by atoms with Crippen LogP contribution in [0.4, 0.5) is 11.5 Å². The number of carbonyl (C=O) groups excluding carboxylic acids is 1. The van der Waals surface area contributed by atoms with Crippen LogP contribution in [0.5, 0.6) is 0 Å². The summed E-state index contributed by atoms with van der Waals surface area (Å²) in [5, 5.41) is 7.23. The van der Waals surface area contributed by atoms with Crippen molar-refractivity contribution in [3.63, 3.8) is 0 Å². The third-order valence-electron chi connectivity index (χ3n) is 4.90. The minimum atomic E-state index is -0.115. The van der Waals surface area contributed by atoms with Gasteiger partial charge in [-0.2, -0.15) is 0 Å². The van der Waals surface area contributed by atoms with E-state index in [-0.39, 0.29) is 5.91 Å². The van der Waals surface area contributed by atoms with Crippen LogP contribution in [0.15, 0.2) is 78.9 Å².